The average Bonchev–Trinajstić information content (AvgIpc) is 2.90. The second kappa shape index (κ2) is 9.78. The average molecular weight is 389 g/mol. The molecule has 1 saturated carbocycles. The number of amides is 3. The molecule has 2 atom stereocenters. The summed E-state index contributed by atoms with van der Waals surface area (Å²) in [7, 11) is 1.57. The van der Waals surface area contributed by atoms with E-state index in [2.05, 4.69) is 10.6 Å². The van der Waals surface area contributed by atoms with Gasteiger partial charge in [-0.1, -0.05) is 19.3 Å². The normalized spacial score (nSPS) is 23.6. The molecule has 7 heteroatoms. The number of rotatable bonds is 4. The van der Waals surface area contributed by atoms with Gasteiger partial charge < -0.3 is 25.4 Å². The summed E-state index contributed by atoms with van der Waals surface area (Å²) in [6.45, 7) is 0.895. The summed E-state index contributed by atoms with van der Waals surface area (Å²) in [5, 5.41) is 16.5. The Labute approximate surface area is 166 Å². The monoisotopic (exact) mass is 389 g/mol. The molecule has 1 aliphatic heterocycles. The zero-order chi connectivity index (χ0) is 19.9. The quantitative estimate of drug-likeness (QED) is 0.737. The van der Waals surface area contributed by atoms with Gasteiger partial charge in [0.15, 0.2) is 0 Å². The maximum Gasteiger partial charge on any atom is 0.317 e. The Balaban J connectivity index is 1.60. The number of urea groups is 1. The summed E-state index contributed by atoms with van der Waals surface area (Å²) in [5.41, 5.74) is 0.496. The number of aliphatic hydroxyl groups excluding tert-OH is 1. The highest BCUT2D eigenvalue weighted by molar-refractivity contribution is 5.94. The summed E-state index contributed by atoms with van der Waals surface area (Å²) in [6, 6.07) is 6.47. The molecule has 2 aliphatic rings. The molecule has 0 aromatic heterocycles. The van der Waals surface area contributed by atoms with E-state index in [0.29, 0.717) is 37.2 Å². The van der Waals surface area contributed by atoms with Crippen molar-refractivity contribution in [2.45, 2.75) is 63.1 Å². The number of carbonyl (C=O) groups is 2. The van der Waals surface area contributed by atoms with E-state index >= 15 is 0 Å². The van der Waals surface area contributed by atoms with Crippen LogP contribution in [0.15, 0.2) is 24.3 Å². The van der Waals surface area contributed by atoms with Crippen LogP contribution in [0.4, 0.5) is 4.79 Å². The first-order valence-corrected chi connectivity index (χ1v) is 10.2. The molecular formula is C21H31N3O4. The van der Waals surface area contributed by atoms with E-state index in [0.717, 1.165) is 25.7 Å². The predicted molar refractivity (Wildman–Crippen MR) is 106 cm³/mol. The van der Waals surface area contributed by atoms with E-state index in [1.54, 1.807) is 36.3 Å². The van der Waals surface area contributed by atoms with Crippen molar-refractivity contribution in [3.8, 4) is 5.75 Å². The van der Waals surface area contributed by atoms with Crippen LogP contribution < -0.4 is 15.4 Å². The van der Waals surface area contributed by atoms with Gasteiger partial charge in [0.25, 0.3) is 5.91 Å². The van der Waals surface area contributed by atoms with Gasteiger partial charge in [0.05, 0.1) is 19.3 Å². The fraction of sp³-hybridized carbons (Fsp3) is 0.619. The summed E-state index contributed by atoms with van der Waals surface area (Å²) in [4.78, 5) is 27.0. The zero-order valence-corrected chi connectivity index (χ0v) is 16.5. The fourth-order valence-corrected chi connectivity index (χ4v) is 3.98. The molecule has 3 N–H and O–H groups in total. The molecule has 2 fully saturated rings. The van der Waals surface area contributed by atoms with E-state index in [4.69, 9.17) is 4.74 Å². The van der Waals surface area contributed by atoms with Crippen molar-refractivity contribution in [3.05, 3.63) is 29.8 Å². The molecular weight excluding hydrogens is 358 g/mol. The van der Waals surface area contributed by atoms with Crippen molar-refractivity contribution < 1.29 is 19.4 Å². The van der Waals surface area contributed by atoms with Crippen LogP contribution in [0.2, 0.25) is 0 Å². The Bertz CT molecular complexity index is 658. The number of nitrogens with zero attached hydrogens (tertiary/aromatic N) is 1. The van der Waals surface area contributed by atoms with Gasteiger partial charge >= 0.3 is 6.03 Å². The highest BCUT2D eigenvalue weighted by Crippen LogP contribution is 2.19. The van der Waals surface area contributed by atoms with E-state index < -0.39 is 12.1 Å². The molecule has 0 spiro atoms. The van der Waals surface area contributed by atoms with Crippen LogP contribution in [0.3, 0.4) is 0 Å². The van der Waals surface area contributed by atoms with Crippen LogP contribution in [-0.2, 0) is 0 Å². The Morgan fingerprint density at radius 2 is 1.75 bits per heavy atom. The lowest BCUT2D eigenvalue weighted by atomic mass is 9.96. The topological polar surface area (TPSA) is 90.9 Å². The molecule has 1 saturated heterocycles. The van der Waals surface area contributed by atoms with E-state index in [1.165, 1.54) is 6.42 Å². The molecule has 3 amide bonds. The van der Waals surface area contributed by atoms with Gasteiger partial charge in [-0.25, -0.2) is 4.79 Å². The van der Waals surface area contributed by atoms with Crippen molar-refractivity contribution in [3.63, 3.8) is 0 Å². The SMILES string of the molecule is COc1ccc(C(=O)N[C@@H]2CN(C(=O)NC3CCCCC3)CCC[C@H]2O)cc1. The van der Waals surface area contributed by atoms with E-state index in [-0.39, 0.29) is 18.0 Å². The molecule has 3 rings (SSSR count). The molecule has 1 aromatic rings. The number of hydrogen-bond acceptors (Lipinski definition) is 4. The third-order valence-electron chi connectivity index (χ3n) is 5.70. The second-order valence-corrected chi connectivity index (χ2v) is 7.75. The largest absolute Gasteiger partial charge is 0.497 e. The van der Waals surface area contributed by atoms with Gasteiger partial charge in [-0.05, 0) is 49.9 Å². The maximum absolute atomic E-state index is 12.7. The summed E-state index contributed by atoms with van der Waals surface area (Å²) >= 11 is 0. The number of aliphatic hydroxyl groups is 1. The first kappa shape index (κ1) is 20.5. The highest BCUT2D eigenvalue weighted by Gasteiger charge is 2.30. The lowest BCUT2D eigenvalue weighted by molar-refractivity contribution is 0.0808. The number of carbonyl (C=O) groups excluding carboxylic acids is 2. The van der Waals surface area contributed by atoms with Crippen molar-refractivity contribution in [2.24, 2.45) is 0 Å². The molecule has 0 unspecified atom stereocenters. The molecule has 7 nitrogen and oxygen atoms in total. The van der Waals surface area contributed by atoms with Crippen LogP contribution in [0, 0.1) is 0 Å². The van der Waals surface area contributed by atoms with Crippen LogP contribution in [0.1, 0.15) is 55.3 Å². The maximum atomic E-state index is 12.7. The van der Waals surface area contributed by atoms with Crippen LogP contribution in [0.5, 0.6) is 5.75 Å². The Morgan fingerprint density at radius 3 is 2.43 bits per heavy atom. The van der Waals surface area contributed by atoms with Crippen LogP contribution in [-0.4, -0.2) is 60.3 Å². The molecule has 0 bridgehead atoms. The number of ether oxygens (including phenoxy) is 1. The predicted octanol–water partition coefficient (Wildman–Crippen LogP) is 2.29. The first-order chi connectivity index (χ1) is 13.6. The molecule has 1 aliphatic carbocycles. The van der Waals surface area contributed by atoms with Crippen molar-refractivity contribution in [2.75, 3.05) is 20.2 Å². The lowest BCUT2D eigenvalue weighted by Crippen LogP contribution is -2.53. The standard InChI is InChI=1S/C21H31N3O4/c1-28-17-11-9-15(10-12-17)20(26)23-18-14-24(13-5-8-19(18)25)21(27)22-16-6-3-2-4-7-16/h9-12,16,18-19,25H,2-8,13-14H2,1H3,(H,22,27)(H,23,26)/t18-,19-/m1/s1. The minimum Gasteiger partial charge on any atom is -0.497 e. The van der Waals surface area contributed by atoms with Crippen molar-refractivity contribution in [1.82, 2.24) is 15.5 Å². The van der Waals surface area contributed by atoms with Gasteiger partial charge in [0, 0.05) is 24.7 Å². The zero-order valence-electron chi connectivity index (χ0n) is 16.5. The van der Waals surface area contributed by atoms with E-state index in [9.17, 15) is 14.7 Å². The minimum atomic E-state index is -0.672. The minimum absolute atomic E-state index is 0.0929. The smallest absolute Gasteiger partial charge is 0.317 e. The first-order valence-electron chi connectivity index (χ1n) is 10.2. The van der Waals surface area contributed by atoms with Crippen molar-refractivity contribution >= 4 is 11.9 Å². The molecule has 154 valence electrons. The third kappa shape index (κ3) is 5.38. The Hall–Kier alpha value is -2.28. The molecule has 1 heterocycles. The number of nitrogens with one attached hydrogen (secondary N) is 2. The van der Waals surface area contributed by atoms with E-state index in [1.807, 2.05) is 0 Å². The molecule has 28 heavy (non-hydrogen) atoms. The highest BCUT2D eigenvalue weighted by atomic mass is 16.5. The van der Waals surface area contributed by atoms with Gasteiger partial charge in [0.2, 0.25) is 0 Å². The second-order valence-electron chi connectivity index (χ2n) is 7.75. The summed E-state index contributed by atoms with van der Waals surface area (Å²) < 4.78 is 5.11. The number of methoxy groups -OCH3 is 1. The lowest BCUT2D eigenvalue weighted by Gasteiger charge is -2.30. The molecule has 1 aromatic carbocycles. The fourth-order valence-electron chi connectivity index (χ4n) is 3.98. The van der Waals surface area contributed by atoms with Crippen LogP contribution in [0.25, 0.3) is 0 Å². The number of benzene rings is 1. The van der Waals surface area contributed by atoms with Crippen LogP contribution >= 0.6 is 0 Å². The third-order valence-corrected chi connectivity index (χ3v) is 5.70. The number of likely N-dealkylation sites (tertiary alicyclic amines) is 1. The van der Waals surface area contributed by atoms with Gasteiger partial charge in [-0.3, -0.25) is 4.79 Å². The molecule has 0 radical (unpaired) electrons. The Morgan fingerprint density at radius 1 is 1.04 bits per heavy atom. The number of hydrogen-bond donors (Lipinski definition) is 3. The summed E-state index contributed by atoms with van der Waals surface area (Å²) in [6.07, 6.45) is 6.21. The van der Waals surface area contributed by atoms with Crippen molar-refractivity contribution in [1.29, 1.82) is 0 Å². The van der Waals surface area contributed by atoms with Gasteiger partial charge in [-0.2, -0.15) is 0 Å². The summed E-state index contributed by atoms with van der Waals surface area (Å²) in [5.74, 6) is 0.415. The van der Waals surface area contributed by atoms with Gasteiger partial charge in [0.1, 0.15) is 5.75 Å². The Kier molecular flexibility index (Phi) is 7.14. The van der Waals surface area contributed by atoms with Gasteiger partial charge in [-0.15, -0.1) is 0 Å².